The standard InChI is InChI=1S/C22H32N4O3/c1-18(27)25-12-14-26(15-13-25)21(28)9-10-23-22(29)20-8-5-11-24(17-20)16-19-6-3-2-4-7-19/h2-4,6-7,20H,5,8-17H2,1H3,(H,23,29). The zero-order chi connectivity index (χ0) is 20.6. The second-order valence-electron chi connectivity index (χ2n) is 7.99. The number of piperidine rings is 1. The van der Waals surface area contributed by atoms with Gasteiger partial charge in [-0.3, -0.25) is 19.3 Å². The molecule has 2 saturated heterocycles. The van der Waals surface area contributed by atoms with Crippen molar-refractivity contribution in [3.63, 3.8) is 0 Å². The van der Waals surface area contributed by atoms with Crippen molar-refractivity contribution in [3.05, 3.63) is 35.9 Å². The third-order valence-corrected chi connectivity index (χ3v) is 5.84. The van der Waals surface area contributed by atoms with Crippen LogP contribution in [-0.4, -0.2) is 78.2 Å². The van der Waals surface area contributed by atoms with Gasteiger partial charge in [0, 0.05) is 59.2 Å². The monoisotopic (exact) mass is 400 g/mol. The summed E-state index contributed by atoms with van der Waals surface area (Å²) in [5, 5.41) is 2.96. The van der Waals surface area contributed by atoms with Gasteiger partial charge in [-0.1, -0.05) is 30.3 Å². The van der Waals surface area contributed by atoms with Crippen LogP contribution in [0.1, 0.15) is 31.7 Å². The number of hydrogen-bond acceptors (Lipinski definition) is 4. The molecule has 1 N–H and O–H groups in total. The largest absolute Gasteiger partial charge is 0.355 e. The van der Waals surface area contributed by atoms with Crippen LogP contribution in [-0.2, 0) is 20.9 Å². The second-order valence-corrected chi connectivity index (χ2v) is 7.99. The molecule has 0 bridgehead atoms. The molecule has 3 rings (SSSR count). The molecule has 2 aliphatic rings. The van der Waals surface area contributed by atoms with Crippen LogP contribution < -0.4 is 5.32 Å². The zero-order valence-corrected chi connectivity index (χ0v) is 17.3. The molecular formula is C22H32N4O3. The molecule has 1 aromatic carbocycles. The molecule has 1 unspecified atom stereocenters. The van der Waals surface area contributed by atoms with Crippen LogP contribution in [0.15, 0.2) is 30.3 Å². The molecule has 0 saturated carbocycles. The second kappa shape index (κ2) is 10.4. The molecular weight excluding hydrogens is 368 g/mol. The van der Waals surface area contributed by atoms with Gasteiger partial charge in [-0.15, -0.1) is 0 Å². The van der Waals surface area contributed by atoms with Gasteiger partial charge in [-0.25, -0.2) is 0 Å². The molecule has 0 radical (unpaired) electrons. The van der Waals surface area contributed by atoms with E-state index in [-0.39, 0.29) is 23.6 Å². The van der Waals surface area contributed by atoms with E-state index < -0.39 is 0 Å². The van der Waals surface area contributed by atoms with Gasteiger partial charge in [-0.2, -0.15) is 0 Å². The number of carbonyl (C=O) groups is 3. The number of carbonyl (C=O) groups excluding carboxylic acids is 3. The van der Waals surface area contributed by atoms with Crippen molar-refractivity contribution in [3.8, 4) is 0 Å². The molecule has 7 heteroatoms. The average Bonchev–Trinajstić information content (AvgIpc) is 2.74. The van der Waals surface area contributed by atoms with Crippen LogP contribution in [0.25, 0.3) is 0 Å². The van der Waals surface area contributed by atoms with Crippen molar-refractivity contribution in [2.75, 3.05) is 45.8 Å². The molecule has 0 aromatic heterocycles. The lowest BCUT2D eigenvalue weighted by molar-refractivity contribution is -0.138. The fraction of sp³-hybridized carbons (Fsp3) is 0.591. The maximum absolute atomic E-state index is 12.6. The first-order valence-electron chi connectivity index (χ1n) is 10.6. The Hall–Kier alpha value is -2.41. The van der Waals surface area contributed by atoms with Crippen molar-refractivity contribution in [2.24, 2.45) is 5.92 Å². The van der Waals surface area contributed by atoms with Gasteiger partial charge in [0.05, 0.1) is 5.92 Å². The molecule has 158 valence electrons. The summed E-state index contributed by atoms with van der Waals surface area (Å²) >= 11 is 0. The summed E-state index contributed by atoms with van der Waals surface area (Å²) in [6.07, 6.45) is 2.23. The minimum atomic E-state index is -0.0123. The highest BCUT2D eigenvalue weighted by Crippen LogP contribution is 2.18. The summed E-state index contributed by atoms with van der Waals surface area (Å²) in [7, 11) is 0. The Bertz CT molecular complexity index is 701. The summed E-state index contributed by atoms with van der Waals surface area (Å²) in [5.41, 5.74) is 1.27. The Kier molecular flexibility index (Phi) is 7.63. The Balaban J connectivity index is 1.37. The molecule has 2 aliphatic heterocycles. The molecule has 0 spiro atoms. The highest BCUT2D eigenvalue weighted by atomic mass is 16.2. The third kappa shape index (κ3) is 6.29. The van der Waals surface area contributed by atoms with E-state index >= 15 is 0 Å². The normalized spacial score (nSPS) is 20.4. The highest BCUT2D eigenvalue weighted by molar-refractivity contribution is 5.81. The number of amides is 3. The number of nitrogens with one attached hydrogen (secondary N) is 1. The molecule has 29 heavy (non-hydrogen) atoms. The predicted molar refractivity (Wildman–Crippen MR) is 111 cm³/mol. The predicted octanol–water partition coefficient (Wildman–Crippen LogP) is 1.10. The van der Waals surface area contributed by atoms with Gasteiger partial charge < -0.3 is 15.1 Å². The van der Waals surface area contributed by atoms with Crippen molar-refractivity contribution < 1.29 is 14.4 Å². The van der Waals surface area contributed by atoms with Crippen LogP contribution in [0.4, 0.5) is 0 Å². The maximum atomic E-state index is 12.6. The molecule has 3 amide bonds. The van der Waals surface area contributed by atoms with Gasteiger partial charge >= 0.3 is 0 Å². The number of rotatable bonds is 6. The van der Waals surface area contributed by atoms with Gasteiger partial charge in [0.1, 0.15) is 0 Å². The van der Waals surface area contributed by atoms with Crippen molar-refractivity contribution in [1.29, 1.82) is 0 Å². The van der Waals surface area contributed by atoms with E-state index in [0.29, 0.717) is 39.1 Å². The van der Waals surface area contributed by atoms with Gasteiger partial charge in [-0.05, 0) is 24.9 Å². The summed E-state index contributed by atoms with van der Waals surface area (Å²) in [6, 6.07) is 10.3. The molecule has 2 heterocycles. The molecule has 2 fully saturated rings. The number of piperazine rings is 1. The molecule has 1 aromatic rings. The van der Waals surface area contributed by atoms with Gasteiger partial charge in [0.15, 0.2) is 0 Å². The van der Waals surface area contributed by atoms with Crippen LogP contribution in [0.2, 0.25) is 0 Å². The van der Waals surface area contributed by atoms with Crippen LogP contribution in [0, 0.1) is 5.92 Å². The molecule has 7 nitrogen and oxygen atoms in total. The van der Waals surface area contributed by atoms with E-state index in [1.165, 1.54) is 5.56 Å². The lowest BCUT2D eigenvalue weighted by atomic mass is 9.96. The van der Waals surface area contributed by atoms with Gasteiger partial charge in [0.2, 0.25) is 17.7 Å². The molecule has 1 atom stereocenters. The van der Waals surface area contributed by atoms with Crippen molar-refractivity contribution >= 4 is 17.7 Å². The summed E-state index contributed by atoms with van der Waals surface area (Å²) in [5.74, 6) is 0.139. The third-order valence-electron chi connectivity index (χ3n) is 5.84. The minimum Gasteiger partial charge on any atom is -0.355 e. The van der Waals surface area contributed by atoms with Crippen LogP contribution >= 0.6 is 0 Å². The Morgan fingerprint density at radius 1 is 1.00 bits per heavy atom. The van der Waals surface area contributed by atoms with E-state index in [1.54, 1.807) is 16.7 Å². The lowest BCUT2D eigenvalue weighted by Gasteiger charge is -2.34. The Morgan fingerprint density at radius 3 is 2.38 bits per heavy atom. The number of hydrogen-bond donors (Lipinski definition) is 1. The summed E-state index contributed by atoms with van der Waals surface area (Å²) in [6.45, 7) is 6.91. The van der Waals surface area contributed by atoms with Crippen molar-refractivity contribution in [2.45, 2.75) is 32.7 Å². The van der Waals surface area contributed by atoms with Gasteiger partial charge in [0.25, 0.3) is 0 Å². The van der Waals surface area contributed by atoms with Crippen molar-refractivity contribution in [1.82, 2.24) is 20.0 Å². The maximum Gasteiger partial charge on any atom is 0.224 e. The fourth-order valence-corrected chi connectivity index (χ4v) is 4.12. The van der Waals surface area contributed by atoms with E-state index in [4.69, 9.17) is 0 Å². The first-order chi connectivity index (χ1) is 14.0. The Morgan fingerprint density at radius 2 is 1.69 bits per heavy atom. The number of nitrogens with zero attached hydrogens (tertiary/aromatic N) is 3. The van der Waals surface area contributed by atoms with E-state index in [0.717, 1.165) is 32.5 Å². The van der Waals surface area contributed by atoms with E-state index in [1.807, 2.05) is 18.2 Å². The first-order valence-corrected chi connectivity index (χ1v) is 10.6. The lowest BCUT2D eigenvalue weighted by Crippen LogP contribution is -2.50. The number of likely N-dealkylation sites (tertiary alicyclic amines) is 1. The van der Waals surface area contributed by atoms with E-state index in [9.17, 15) is 14.4 Å². The quantitative estimate of drug-likeness (QED) is 0.776. The first kappa shape index (κ1) is 21.3. The Labute approximate surface area is 173 Å². The minimum absolute atomic E-state index is 0.0123. The summed E-state index contributed by atoms with van der Waals surface area (Å²) < 4.78 is 0. The van der Waals surface area contributed by atoms with Crippen LogP contribution in [0.5, 0.6) is 0 Å². The fourth-order valence-electron chi connectivity index (χ4n) is 4.12. The molecule has 0 aliphatic carbocycles. The topological polar surface area (TPSA) is 73.0 Å². The summed E-state index contributed by atoms with van der Waals surface area (Å²) in [4.78, 5) is 42.2. The zero-order valence-electron chi connectivity index (χ0n) is 17.3. The smallest absolute Gasteiger partial charge is 0.224 e. The average molecular weight is 401 g/mol. The van der Waals surface area contributed by atoms with Crippen LogP contribution in [0.3, 0.4) is 0 Å². The number of benzene rings is 1. The van der Waals surface area contributed by atoms with E-state index in [2.05, 4.69) is 22.3 Å². The SMILES string of the molecule is CC(=O)N1CCN(C(=O)CCNC(=O)C2CCCN(Cc3ccccc3)C2)CC1. The highest BCUT2D eigenvalue weighted by Gasteiger charge is 2.26.